The van der Waals surface area contributed by atoms with Crippen LogP contribution in [0, 0.1) is 5.92 Å². The van der Waals surface area contributed by atoms with Crippen molar-refractivity contribution in [2.45, 2.75) is 18.9 Å². The monoisotopic (exact) mass is 343 g/mol. The maximum atomic E-state index is 12.7. The van der Waals surface area contributed by atoms with Crippen LogP contribution in [0.3, 0.4) is 0 Å². The maximum absolute atomic E-state index is 12.7. The van der Waals surface area contributed by atoms with Crippen LogP contribution in [0.2, 0.25) is 5.02 Å². The van der Waals surface area contributed by atoms with Crippen molar-refractivity contribution < 1.29 is 4.79 Å². The Labute approximate surface area is 147 Å². The summed E-state index contributed by atoms with van der Waals surface area (Å²) >= 11 is 6.09. The maximum Gasteiger partial charge on any atom is 0.268 e. The molecule has 0 radical (unpaired) electrons. The van der Waals surface area contributed by atoms with E-state index in [9.17, 15) is 4.79 Å². The first-order chi connectivity index (χ1) is 11.6. The van der Waals surface area contributed by atoms with Crippen molar-refractivity contribution in [1.82, 2.24) is 14.8 Å². The smallest absolute Gasteiger partial charge is 0.268 e. The third-order valence-electron chi connectivity index (χ3n) is 5.45. The molecule has 4 nitrogen and oxygen atoms in total. The minimum atomic E-state index is 0.0181. The number of fused-ring (bicyclic) bond motifs is 3. The summed E-state index contributed by atoms with van der Waals surface area (Å²) in [7, 11) is 1.93. The predicted octanol–water partition coefficient (Wildman–Crippen LogP) is 3.17. The third-order valence-corrected chi connectivity index (χ3v) is 5.68. The van der Waals surface area contributed by atoms with Crippen LogP contribution in [0.4, 0.5) is 0 Å². The Morgan fingerprint density at radius 2 is 2.00 bits per heavy atom. The molecular weight excluding hydrogens is 322 g/mol. The number of carbonyl (C=O) groups excluding carboxylic acids is 1. The van der Waals surface area contributed by atoms with Gasteiger partial charge in [0.25, 0.3) is 5.91 Å². The number of piperidine rings is 3. The Kier molecular flexibility index (Phi) is 4.10. The van der Waals surface area contributed by atoms with Gasteiger partial charge < -0.3 is 14.8 Å². The fraction of sp³-hybridized carbons (Fsp3) is 0.421. The average molecular weight is 344 g/mol. The van der Waals surface area contributed by atoms with Gasteiger partial charge in [-0.25, -0.2) is 0 Å². The number of hydrogen-bond acceptors (Lipinski definition) is 2. The molecule has 2 aromatic rings. The summed E-state index contributed by atoms with van der Waals surface area (Å²) in [5.74, 6) is 0.649. The highest BCUT2D eigenvalue weighted by Gasteiger charge is 2.35. The topological polar surface area (TPSA) is 37.3 Å². The van der Waals surface area contributed by atoms with E-state index in [1.54, 1.807) is 0 Å². The lowest BCUT2D eigenvalue weighted by atomic mass is 9.84. The average Bonchev–Trinajstić information content (AvgIpc) is 2.97. The van der Waals surface area contributed by atoms with E-state index in [0.717, 1.165) is 17.8 Å². The molecule has 5 rings (SSSR count). The zero-order valence-corrected chi connectivity index (χ0v) is 14.6. The molecule has 1 aromatic heterocycles. The molecule has 5 heteroatoms. The number of aromatic nitrogens is 1. The van der Waals surface area contributed by atoms with Crippen molar-refractivity contribution in [3.8, 4) is 11.3 Å². The number of rotatable bonds is 3. The Hall–Kier alpha value is -1.78. The largest absolute Gasteiger partial charge is 0.346 e. The summed E-state index contributed by atoms with van der Waals surface area (Å²) in [5, 5.41) is 3.96. The first-order valence-electron chi connectivity index (χ1n) is 8.57. The van der Waals surface area contributed by atoms with E-state index in [4.69, 9.17) is 11.6 Å². The zero-order valence-electron chi connectivity index (χ0n) is 13.8. The third kappa shape index (κ3) is 2.85. The van der Waals surface area contributed by atoms with Gasteiger partial charge in [-0.3, -0.25) is 4.79 Å². The van der Waals surface area contributed by atoms with E-state index in [-0.39, 0.29) is 11.9 Å². The predicted molar refractivity (Wildman–Crippen MR) is 96.3 cm³/mol. The molecule has 0 saturated carbocycles. The number of nitrogens with zero attached hydrogens (tertiary/aromatic N) is 2. The molecule has 3 saturated heterocycles. The number of amides is 1. The lowest BCUT2D eigenvalue weighted by Gasteiger charge is -2.44. The molecule has 3 aliphatic heterocycles. The van der Waals surface area contributed by atoms with Crippen molar-refractivity contribution in [3.05, 3.63) is 47.1 Å². The van der Waals surface area contributed by atoms with Gasteiger partial charge in [-0.15, -0.1) is 0 Å². The lowest BCUT2D eigenvalue weighted by molar-refractivity contribution is 0.0616. The molecule has 0 unspecified atom stereocenters. The van der Waals surface area contributed by atoms with Gasteiger partial charge in [-0.2, -0.15) is 0 Å². The van der Waals surface area contributed by atoms with Gasteiger partial charge in [0.05, 0.1) is 0 Å². The SMILES string of the molecule is Cn1c(C(=O)N[C@H]2CN3CCC2CC3)ccc1-c1cccc(Cl)c1. The summed E-state index contributed by atoms with van der Waals surface area (Å²) in [6, 6.07) is 11.9. The summed E-state index contributed by atoms with van der Waals surface area (Å²) in [6.45, 7) is 3.35. The highest BCUT2D eigenvalue weighted by Crippen LogP contribution is 2.28. The molecule has 0 aliphatic carbocycles. The second-order valence-corrected chi connectivity index (χ2v) is 7.33. The number of carbonyl (C=O) groups is 1. The van der Waals surface area contributed by atoms with Crippen LogP contribution in [0.15, 0.2) is 36.4 Å². The molecule has 1 atom stereocenters. The van der Waals surface area contributed by atoms with E-state index in [1.807, 2.05) is 48.0 Å². The highest BCUT2D eigenvalue weighted by molar-refractivity contribution is 6.30. The van der Waals surface area contributed by atoms with E-state index in [0.29, 0.717) is 16.6 Å². The quantitative estimate of drug-likeness (QED) is 0.929. The normalized spacial score (nSPS) is 25.7. The molecule has 24 heavy (non-hydrogen) atoms. The van der Waals surface area contributed by atoms with Gasteiger partial charge in [0, 0.05) is 30.4 Å². The van der Waals surface area contributed by atoms with Crippen LogP contribution in [-0.4, -0.2) is 41.1 Å². The van der Waals surface area contributed by atoms with Crippen LogP contribution in [-0.2, 0) is 7.05 Å². The number of halogens is 1. The van der Waals surface area contributed by atoms with Crippen LogP contribution in [0.1, 0.15) is 23.3 Å². The second-order valence-electron chi connectivity index (χ2n) is 6.89. The minimum absolute atomic E-state index is 0.0181. The fourth-order valence-corrected chi connectivity index (χ4v) is 4.24. The van der Waals surface area contributed by atoms with Gasteiger partial charge in [0.1, 0.15) is 5.69 Å². The van der Waals surface area contributed by atoms with Crippen molar-refractivity contribution in [2.75, 3.05) is 19.6 Å². The van der Waals surface area contributed by atoms with E-state index in [2.05, 4.69) is 10.2 Å². The van der Waals surface area contributed by atoms with Crippen LogP contribution in [0.5, 0.6) is 0 Å². The Morgan fingerprint density at radius 1 is 1.21 bits per heavy atom. The van der Waals surface area contributed by atoms with Gasteiger partial charge in [-0.05, 0) is 61.7 Å². The van der Waals surface area contributed by atoms with Gasteiger partial charge >= 0.3 is 0 Å². The summed E-state index contributed by atoms with van der Waals surface area (Å²) in [6.07, 6.45) is 2.40. The van der Waals surface area contributed by atoms with Crippen molar-refractivity contribution in [2.24, 2.45) is 13.0 Å². The number of benzene rings is 1. The van der Waals surface area contributed by atoms with Gasteiger partial charge in [-0.1, -0.05) is 23.7 Å². The van der Waals surface area contributed by atoms with Crippen LogP contribution >= 0.6 is 11.6 Å². The minimum Gasteiger partial charge on any atom is -0.346 e. The van der Waals surface area contributed by atoms with E-state index in [1.165, 1.54) is 25.9 Å². The van der Waals surface area contributed by atoms with Crippen molar-refractivity contribution >= 4 is 17.5 Å². The molecular formula is C19H22ClN3O. The molecule has 3 fully saturated rings. The lowest BCUT2D eigenvalue weighted by Crippen LogP contribution is -2.57. The van der Waals surface area contributed by atoms with Crippen LogP contribution < -0.4 is 5.32 Å². The summed E-state index contributed by atoms with van der Waals surface area (Å²) in [4.78, 5) is 15.2. The van der Waals surface area contributed by atoms with Gasteiger partial charge in [0.15, 0.2) is 0 Å². The van der Waals surface area contributed by atoms with Crippen LogP contribution in [0.25, 0.3) is 11.3 Å². The van der Waals surface area contributed by atoms with Crippen molar-refractivity contribution in [1.29, 1.82) is 0 Å². The molecule has 0 spiro atoms. The Morgan fingerprint density at radius 3 is 2.67 bits per heavy atom. The molecule has 4 heterocycles. The zero-order chi connectivity index (χ0) is 16.7. The molecule has 3 aliphatic rings. The highest BCUT2D eigenvalue weighted by atomic mass is 35.5. The molecule has 126 valence electrons. The van der Waals surface area contributed by atoms with Gasteiger partial charge in [0.2, 0.25) is 0 Å². The fourth-order valence-electron chi connectivity index (χ4n) is 4.05. The molecule has 1 N–H and O–H groups in total. The van der Waals surface area contributed by atoms with Crippen molar-refractivity contribution in [3.63, 3.8) is 0 Å². The summed E-state index contributed by atoms with van der Waals surface area (Å²) in [5.41, 5.74) is 2.71. The summed E-state index contributed by atoms with van der Waals surface area (Å²) < 4.78 is 1.95. The first-order valence-corrected chi connectivity index (χ1v) is 8.94. The molecule has 2 bridgehead atoms. The van der Waals surface area contributed by atoms with E-state index < -0.39 is 0 Å². The standard InChI is InChI=1S/C19H22ClN3O/c1-22-17(14-3-2-4-15(20)11-14)5-6-18(22)19(24)21-16-12-23-9-7-13(16)8-10-23/h2-6,11,13,16H,7-10,12H2,1H3,(H,21,24)/t16-/m0/s1. The first kappa shape index (κ1) is 15.7. The molecule has 1 aromatic carbocycles. The Bertz CT molecular complexity index is 762. The number of nitrogens with one attached hydrogen (secondary N) is 1. The van der Waals surface area contributed by atoms with E-state index >= 15 is 0 Å². The molecule has 1 amide bonds. The Balaban J connectivity index is 1.53. The number of hydrogen-bond donors (Lipinski definition) is 1. The second kappa shape index (κ2) is 6.26.